The van der Waals surface area contributed by atoms with Crippen LogP contribution in [0.4, 0.5) is 15.3 Å². The molecule has 0 aromatic heterocycles. The molecule has 29 nitrogen and oxygen atoms in total. The van der Waals surface area contributed by atoms with Crippen molar-refractivity contribution in [3.05, 3.63) is 91.0 Å². The third kappa shape index (κ3) is 28.0. The maximum Gasteiger partial charge on any atom is 0.410 e. The number of amides is 10. The standard InChI is InChI=1S/C75H114N10O19S/c1-17-46(10)66(57(99-15)40-59(87)85-35-24-28-56(85)68(100-16)47(11)69(92)78-48(12)67(91)50-25-21-20-22-26-50)83(13)73(96)64(44(6)7)82-72(95)65(45(8)9)84(14)75(98)101-41-49-29-31-51(32-30-49)79-70(93)55(27-23-34-77-74(76)97)80-71(94)63(43(4)5)81-58(86)42-105-36-33-62(90)104-54-38-52(102-60(88)18-2)37-53(39-54)103-61(89)19-3/h18-22,25-26,29-32,43-48,52-57,63-68,91H,2-3,17,23-24,27-28,33-42H2,1,4-16H3,(H,78,92)(H,79,93)(H,80,94)(H,81,86)(H,82,95)(H3,76,77,97)/t46-,47-,48-,52-,53+,54-,55+,56+,57-,63+,64?,65+,66+,67-,68-/m1/s1. The molecule has 1 saturated carbocycles. The molecule has 4 rings (SSSR count). The van der Waals surface area contributed by atoms with Gasteiger partial charge in [-0.3, -0.25) is 43.3 Å². The van der Waals surface area contributed by atoms with Gasteiger partial charge in [0.15, 0.2) is 0 Å². The number of ether oxygens (including phenoxy) is 6. The van der Waals surface area contributed by atoms with E-state index in [-0.39, 0.29) is 87.3 Å². The van der Waals surface area contributed by atoms with E-state index >= 15 is 0 Å². The van der Waals surface area contributed by atoms with Crippen LogP contribution in [-0.4, -0.2) is 217 Å². The van der Waals surface area contributed by atoms with Gasteiger partial charge in [0.2, 0.25) is 41.4 Å². The number of carbonyl (C=O) groups excluding carboxylic acids is 12. The van der Waals surface area contributed by atoms with Crippen LogP contribution in [0.3, 0.4) is 0 Å². The summed E-state index contributed by atoms with van der Waals surface area (Å²) in [5.41, 5.74) is 6.73. The highest BCUT2D eigenvalue weighted by atomic mass is 32.2. The first kappa shape index (κ1) is 88.8. The number of hydrogen-bond donors (Lipinski definition) is 8. The van der Waals surface area contributed by atoms with Gasteiger partial charge >= 0.3 is 30.0 Å². The first-order valence-electron chi connectivity index (χ1n) is 36.0. The largest absolute Gasteiger partial charge is 0.462 e. The number of likely N-dealkylation sites (tertiary alicyclic amines) is 1. The molecule has 0 bridgehead atoms. The number of likely N-dealkylation sites (N-methyl/N-ethyl adjacent to an activating group) is 2. The highest BCUT2D eigenvalue weighted by Gasteiger charge is 2.45. The number of aliphatic hydroxyl groups is 1. The summed E-state index contributed by atoms with van der Waals surface area (Å²) in [5.74, 6) is -7.62. The second-order valence-electron chi connectivity index (χ2n) is 27.9. The Labute approximate surface area is 622 Å². The fourth-order valence-electron chi connectivity index (χ4n) is 13.1. The van der Waals surface area contributed by atoms with Gasteiger partial charge < -0.3 is 81.0 Å². The van der Waals surface area contributed by atoms with Crippen LogP contribution in [0.5, 0.6) is 0 Å². The van der Waals surface area contributed by atoms with E-state index in [2.05, 4.69) is 45.1 Å². The number of nitrogens with two attached hydrogens (primary N) is 1. The average Bonchev–Trinajstić information content (AvgIpc) is 1.67. The minimum absolute atomic E-state index is 0.0390. The van der Waals surface area contributed by atoms with Gasteiger partial charge in [-0.1, -0.05) is 124 Å². The van der Waals surface area contributed by atoms with Crippen LogP contribution in [0.1, 0.15) is 151 Å². The molecule has 10 amide bonds. The summed E-state index contributed by atoms with van der Waals surface area (Å²) in [7, 11) is 6.05. The Morgan fingerprint density at radius 2 is 1.31 bits per heavy atom. The molecular formula is C75H114N10O19S. The Kier molecular flexibility index (Phi) is 37.5. The number of nitrogens with one attached hydrogen (secondary N) is 6. The molecule has 0 spiro atoms. The summed E-state index contributed by atoms with van der Waals surface area (Å²) in [6.07, 6.45) is -0.947. The Hall–Kier alpha value is -8.61. The summed E-state index contributed by atoms with van der Waals surface area (Å²) in [6, 6.07) is 8.40. The van der Waals surface area contributed by atoms with Gasteiger partial charge in [0.25, 0.3) is 0 Å². The average molecular weight is 1490 g/mol. The molecule has 584 valence electrons. The van der Waals surface area contributed by atoms with E-state index in [0.29, 0.717) is 42.6 Å². The van der Waals surface area contributed by atoms with Crippen LogP contribution < -0.4 is 37.6 Å². The fourth-order valence-corrected chi connectivity index (χ4v) is 13.8. The van der Waals surface area contributed by atoms with Crippen LogP contribution in [0, 0.1) is 29.6 Å². The summed E-state index contributed by atoms with van der Waals surface area (Å²) in [6.45, 7) is 24.9. The van der Waals surface area contributed by atoms with Crippen LogP contribution in [0.25, 0.3) is 0 Å². The van der Waals surface area contributed by atoms with Crippen LogP contribution in [0.15, 0.2) is 79.9 Å². The van der Waals surface area contributed by atoms with Crippen molar-refractivity contribution in [3.63, 3.8) is 0 Å². The van der Waals surface area contributed by atoms with E-state index in [0.717, 1.165) is 28.8 Å². The molecular weight excluding hydrogens is 1380 g/mol. The zero-order valence-electron chi connectivity index (χ0n) is 63.4. The smallest absolute Gasteiger partial charge is 0.410 e. The number of hydrogen-bond acceptors (Lipinski definition) is 20. The van der Waals surface area contributed by atoms with Crippen molar-refractivity contribution in [2.45, 2.75) is 219 Å². The SMILES string of the molecule is C=CC(=O)O[C@@H]1C[C@H](OC(=O)C=C)C[C@H](OC(=O)CCSCC(=O)N[C@H](C(=O)N[C@@H](CCCNC(N)=O)C(=O)Nc2ccc(COC(=O)N(C)[C@H](C(=O)NC(C(=O)N(C)[C@@H]([C@H](C)CC)[C@@H](CC(=O)N3CCC[C@H]3[C@H](OC)[C@@H](C)C(=O)N[C@H](C)[C@@H](O)c3ccccc3)OC)C(C)C)C(C)C)cc2)C(C)C)C1. The topological polar surface area (TPSA) is 388 Å². The van der Waals surface area contributed by atoms with E-state index in [9.17, 15) is 62.6 Å². The Morgan fingerprint density at radius 1 is 0.714 bits per heavy atom. The van der Waals surface area contributed by atoms with Gasteiger partial charge in [-0.15, -0.1) is 0 Å². The minimum atomic E-state index is -1.17. The van der Waals surface area contributed by atoms with E-state index in [1.165, 1.54) is 26.2 Å². The lowest BCUT2D eigenvalue weighted by molar-refractivity contribution is -0.165. The van der Waals surface area contributed by atoms with E-state index in [4.69, 9.17) is 34.2 Å². The van der Waals surface area contributed by atoms with Crippen LogP contribution in [-0.2, 0) is 83.0 Å². The molecule has 1 heterocycles. The maximum absolute atomic E-state index is 14.9. The molecule has 1 aliphatic heterocycles. The van der Waals surface area contributed by atoms with Crippen molar-refractivity contribution in [2.24, 2.45) is 35.3 Å². The first-order chi connectivity index (χ1) is 49.7. The molecule has 1 aliphatic carbocycles. The number of esters is 3. The second kappa shape index (κ2) is 44.4. The lowest BCUT2D eigenvalue weighted by Crippen LogP contribution is -2.60. The lowest BCUT2D eigenvalue weighted by atomic mass is 9.89. The summed E-state index contributed by atoms with van der Waals surface area (Å²) in [5, 5.41) is 27.5. The zero-order valence-corrected chi connectivity index (χ0v) is 64.2. The summed E-state index contributed by atoms with van der Waals surface area (Å²) < 4.78 is 34.1. The van der Waals surface area contributed by atoms with Gasteiger partial charge in [-0.2, -0.15) is 11.8 Å². The lowest BCUT2D eigenvalue weighted by Gasteiger charge is -2.41. The monoisotopic (exact) mass is 1490 g/mol. The first-order valence-corrected chi connectivity index (χ1v) is 37.2. The van der Waals surface area contributed by atoms with Gasteiger partial charge in [0.05, 0.1) is 60.9 Å². The van der Waals surface area contributed by atoms with Crippen LogP contribution in [0.2, 0.25) is 0 Å². The quantitative estimate of drug-likeness (QED) is 0.0163. The second-order valence-corrected chi connectivity index (χ2v) is 29.0. The number of nitrogens with zero attached hydrogens (tertiary/aromatic N) is 3. The van der Waals surface area contributed by atoms with E-state index < -0.39 is 162 Å². The Morgan fingerprint density at radius 3 is 1.86 bits per heavy atom. The molecule has 1 saturated heterocycles. The van der Waals surface area contributed by atoms with E-state index in [1.807, 2.05) is 32.0 Å². The third-order valence-corrected chi connectivity index (χ3v) is 19.9. The van der Waals surface area contributed by atoms with Gasteiger partial charge in [0, 0.05) is 84.3 Å². The number of anilines is 1. The van der Waals surface area contributed by atoms with Crippen molar-refractivity contribution >= 4 is 88.8 Å². The number of methoxy groups -OCH3 is 2. The number of aliphatic hydroxyl groups excluding tert-OH is 1. The van der Waals surface area contributed by atoms with Gasteiger partial charge in [0.1, 0.15) is 49.1 Å². The third-order valence-electron chi connectivity index (χ3n) is 19.0. The predicted octanol–water partition coefficient (Wildman–Crippen LogP) is 6.01. The molecule has 2 aliphatic rings. The molecule has 1 unspecified atom stereocenters. The van der Waals surface area contributed by atoms with E-state index in [1.54, 1.807) is 104 Å². The maximum atomic E-state index is 14.9. The van der Waals surface area contributed by atoms with Gasteiger partial charge in [-0.25, -0.2) is 19.2 Å². The predicted molar refractivity (Wildman–Crippen MR) is 395 cm³/mol. The molecule has 15 atom stereocenters. The molecule has 105 heavy (non-hydrogen) atoms. The fraction of sp³-hybridized carbons (Fsp3) is 0.627. The van der Waals surface area contributed by atoms with Crippen molar-refractivity contribution in [1.29, 1.82) is 0 Å². The number of thioether (sulfide) groups is 1. The Bertz CT molecular complexity index is 3200. The van der Waals surface area contributed by atoms with Gasteiger partial charge in [-0.05, 0) is 79.5 Å². The summed E-state index contributed by atoms with van der Waals surface area (Å²) >= 11 is 1.11. The van der Waals surface area contributed by atoms with Crippen molar-refractivity contribution in [3.8, 4) is 0 Å². The number of rotatable bonds is 42. The number of carbonyl (C=O) groups is 12. The highest BCUT2D eigenvalue weighted by Crippen LogP contribution is 2.32. The molecule has 30 heteroatoms. The molecule has 2 fully saturated rings. The Balaban J connectivity index is 1.35. The number of primary amides is 1. The highest BCUT2D eigenvalue weighted by molar-refractivity contribution is 7.99. The molecule has 0 radical (unpaired) electrons. The molecule has 2 aromatic carbocycles. The number of urea groups is 1. The zero-order chi connectivity index (χ0) is 78.4. The number of benzene rings is 2. The minimum Gasteiger partial charge on any atom is -0.462 e. The normalized spacial score (nSPS) is 18.9. The van der Waals surface area contributed by atoms with Crippen molar-refractivity contribution in [2.75, 3.05) is 58.2 Å². The van der Waals surface area contributed by atoms with Crippen molar-refractivity contribution < 1.29 is 91.1 Å². The summed E-state index contributed by atoms with van der Waals surface area (Å²) in [4.78, 5) is 165. The van der Waals surface area contributed by atoms with Crippen LogP contribution >= 0.6 is 11.8 Å². The molecule has 2 aromatic rings. The molecule has 9 N–H and O–H groups in total. The van der Waals surface area contributed by atoms with Crippen molar-refractivity contribution in [1.82, 2.24) is 41.3 Å².